The highest BCUT2D eigenvalue weighted by Gasteiger charge is 2.13. The second-order valence-electron chi connectivity index (χ2n) is 4.15. The topological polar surface area (TPSA) is 83.0 Å². The minimum atomic E-state index is -0.322. The summed E-state index contributed by atoms with van der Waals surface area (Å²) in [6.45, 7) is 2.49. The quantitative estimate of drug-likeness (QED) is 0.646. The van der Waals surface area contributed by atoms with Gasteiger partial charge in [-0.2, -0.15) is 0 Å². The molecular weight excluding hydrogens is 295 g/mol. The lowest BCUT2D eigenvalue weighted by molar-refractivity contribution is -0.139. The number of esters is 1. The lowest BCUT2D eigenvalue weighted by Crippen LogP contribution is -2.09. The van der Waals surface area contributed by atoms with Crippen LogP contribution in [0.5, 0.6) is 0 Å². The number of aromatic nitrogens is 3. The summed E-state index contributed by atoms with van der Waals surface area (Å²) in [5, 5.41) is 8.25. The van der Waals surface area contributed by atoms with Gasteiger partial charge in [-0.3, -0.25) is 9.36 Å². The zero-order valence-electron chi connectivity index (χ0n) is 11.5. The standard InChI is InChI=1S/C13H15FN4O2S/c1-2-20-11(19)8-21-13-17-16-12(15)18(13)7-9-3-5-10(14)6-4-9/h3-6H,2,7-8H2,1H3,(H2,15,16). The summed E-state index contributed by atoms with van der Waals surface area (Å²) < 4.78 is 19.4. The number of nitrogens with two attached hydrogens (primary N) is 1. The molecule has 0 amide bonds. The van der Waals surface area contributed by atoms with Crippen LogP contribution in [0.1, 0.15) is 12.5 Å². The van der Waals surface area contributed by atoms with Gasteiger partial charge in [0.2, 0.25) is 5.95 Å². The van der Waals surface area contributed by atoms with Crippen molar-refractivity contribution in [3.8, 4) is 0 Å². The van der Waals surface area contributed by atoms with Crippen molar-refractivity contribution in [2.75, 3.05) is 18.1 Å². The predicted molar refractivity (Wildman–Crippen MR) is 77.3 cm³/mol. The fraction of sp³-hybridized carbons (Fsp3) is 0.308. The molecule has 2 aromatic rings. The molecule has 1 heterocycles. The van der Waals surface area contributed by atoms with Crippen LogP contribution < -0.4 is 5.73 Å². The number of halogens is 1. The molecule has 0 aliphatic rings. The number of rotatable bonds is 6. The van der Waals surface area contributed by atoms with Gasteiger partial charge in [-0.1, -0.05) is 23.9 Å². The third-order valence-corrected chi connectivity index (χ3v) is 3.56. The number of benzene rings is 1. The normalized spacial score (nSPS) is 10.6. The Hall–Kier alpha value is -2.09. The third kappa shape index (κ3) is 4.19. The van der Waals surface area contributed by atoms with Crippen LogP contribution >= 0.6 is 11.8 Å². The van der Waals surface area contributed by atoms with E-state index in [-0.39, 0.29) is 23.5 Å². The highest BCUT2D eigenvalue weighted by Crippen LogP contribution is 2.20. The molecule has 0 bridgehead atoms. The number of hydrogen-bond donors (Lipinski definition) is 1. The number of hydrogen-bond acceptors (Lipinski definition) is 6. The molecular formula is C13H15FN4O2S. The van der Waals surface area contributed by atoms with Gasteiger partial charge < -0.3 is 10.5 Å². The lowest BCUT2D eigenvalue weighted by atomic mass is 10.2. The maximum absolute atomic E-state index is 12.9. The first kappa shape index (κ1) is 15.3. The van der Waals surface area contributed by atoms with Crippen molar-refractivity contribution in [1.29, 1.82) is 0 Å². The summed E-state index contributed by atoms with van der Waals surface area (Å²) in [6.07, 6.45) is 0. The van der Waals surface area contributed by atoms with E-state index in [1.807, 2.05) is 0 Å². The van der Waals surface area contributed by atoms with E-state index >= 15 is 0 Å². The third-order valence-electron chi connectivity index (χ3n) is 2.62. The monoisotopic (exact) mass is 310 g/mol. The zero-order chi connectivity index (χ0) is 15.2. The molecule has 0 radical (unpaired) electrons. The highest BCUT2D eigenvalue weighted by molar-refractivity contribution is 7.99. The van der Waals surface area contributed by atoms with Crippen LogP contribution in [0, 0.1) is 5.82 Å². The average molecular weight is 310 g/mol. The van der Waals surface area contributed by atoms with E-state index < -0.39 is 0 Å². The number of nitrogen functional groups attached to an aromatic ring is 1. The summed E-state index contributed by atoms with van der Waals surface area (Å²) in [6, 6.07) is 6.08. The minimum Gasteiger partial charge on any atom is -0.465 e. The number of thioether (sulfide) groups is 1. The number of ether oxygens (including phenoxy) is 1. The second-order valence-corrected chi connectivity index (χ2v) is 5.09. The molecule has 0 atom stereocenters. The van der Waals surface area contributed by atoms with E-state index in [4.69, 9.17) is 10.5 Å². The van der Waals surface area contributed by atoms with Crippen LogP contribution in [0.3, 0.4) is 0 Å². The van der Waals surface area contributed by atoms with E-state index in [0.29, 0.717) is 18.3 Å². The molecule has 0 aliphatic heterocycles. The van der Waals surface area contributed by atoms with Gasteiger partial charge in [0.25, 0.3) is 0 Å². The first-order valence-corrected chi connectivity index (χ1v) is 7.30. The molecule has 0 unspecified atom stereocenters. The molecule has 112 valence electrons. The van der Waals surface area contributed by atoms with E-state index in [0.717, 1.165) is 5.56 Å². The number of carbonyl (C=O) groups is 1. The van der Waals surface area contributed by atoms with E-state index in [2.05, 4.69) is 10.2 Å². The molecule has 0 fully saturated rings. The van der Waals surface area contributed by atoms with Gasteiger partial charge in [-0.25, -0.2) is 4.39 Å². The maximum Gasteiger partial charge on any atom is 0.316 e. The van der Waals surface area contributed by atoms with Crippen molar-refractivity contribution in [2.24, 2.45) is 0 Å². The summed E-state index contributed by atoms with van der Waals surface area (Å²) in [4.78, 5) is 11.4. The predicted octanol–water partition coefficient (Wildman–Crippen LogP) is 1.70. The average Bonchev–Trinajstić information content (AvgIpc) is 2.80. The molecule has 2 N–H and O–H groups in total. The Morgan fingerprint density at radius 3 is 2.76 bits per heavy atom. The van der Waals surface area contributed by atoms with Crippen molar-refractivity contribution in [3.63, 3.8) is 0 Å². The van der Waals surface area contributed by atoms with Crippen LogP contribution in [-0.4, -0.2) is 33.1 Å². The van der Waals surface area contributed by atoms with Crippen molar-refractivity contribution >= 4 is 23.7 Å². The molecule has 1 aromatic carbocycles. The Morgan fingerprint density at radius 1 is 1.38 bits per heavy atom. The largest absolute Gasteiger partial charge is 0.465 e. The van der Waals surface area contributed by atoms with Gasteiger partial charge in [-0.05, 0) is 24.6 Å². The molecule has 0 spiro atoms. The highest BCUT2D eigenvalue weighted by atomic mass is 32.2. The maximum atomic E-state index is 12.9. The molecule has 1 aromatic heterocycles. The van der Waals surface area contributed by atoms with E-state index in [1.54, 1.807) is 23.6 Å². The summed E-state index contributed by atoms with van der Waals surface area (Å²) in [5.74, 6) is -0.245. The summed E-state index contributed by atoms with van der Waals surface area (Å²) >= 11 is 1.20. The Morgan fingerprint density at radius 2 is 2.10 bits per heavy atom. The van der Waals surface area contributed by atoms with Crippen LogP contribution in [-0.2, 0) is 16.1 Å². The lowest BCUT2D eigenvalue weighted by Gasteiger charge is -2.08. The van der Waals surface area contributed by atoms with Crippen molar-refractivity contribution < 1.29 is 13.9 Å². The van der Waals surface area contributed by atoms with Gasteiger partial charge >= 0.3 is 5.97 Å². The second kappa shape index (κ2) is 7.07. The first-order chi connectivity index (χ1) is 10.1. The van der Waals surface area contributed by atoms with Crippen LogP contribution in [0.15, 0.2) is 29.4 Å². The fourth-order valence-electron chi connectivity index (χ4n) is 1.65. The molecule has 21 heavy (non-hydrogen) atoms. The Kier molecular flexibility index (Phi) is 5.15. The van der Waals surface area contributed by atoms with Crippen molar-refractivity contribution in [3.05, 3.63) is 35.6 Å². The van der Waals surface area contributed by atoms with Gasteiger partial charge in [0.05, 0.1) is 18.9 Å². The van der Waals surface area contributed by atoms with Gasteiger partial charge in [-0.15, -0.1) is 10.2 Å². The van der Waals surface area contributed by atoms with Crippen molar-refractivity contribution in [2.45, 2.75) is 18.6 Å². The van der Waals surface area contributed by atoms with Crippen LogP contribution in [0.2, 0.25) is 0 Å². The van der Waals surface area contributed by atoms with Gasteiger partial charge in [0.1, 0.15) is 5.82 Å². The van der Waals surface area contributed by atoms with Crippen LogP contribution in [0.4, 0.5) is 10.3 Å². The van der Waals surface area contributed by atoms with E-state index in [1.165, 1.54) is 23.9 Å². The Bertz CT molecular complexity index is 615. The Balaban J connectivity index is 2.07. The zero-order valence-corrected chi connectivity index (χ0v) is 12.3. The number of nitrogens with zero attached hydrogens (tertiary/aromatic N) is 3. The van der Waals surface area contributed by atoms with Crippen LogP contribution in [0.25, 0.3) is 0 Å². The molecule has 0 saturated carbocycles. The Labute approximate surface area is 125 Å². The fourth-order valence-corrected chi connectivity index (χ4v) is 2.40. The molecule has 6 nitrogen and oxygen atoms in total. The first-order valence-electron chi connectivity index (χ1n) is 6.31. The SMILES string of the molecule is CCOC(=O)CSc1nnc(N)n1Cc1ccc(F)cc1. The summed E-state index contributed by atoms with van der Waals surface area (Å²) in [7, 11) is 0. The van der Waals surface area contributed by atoms with Gasteiger partial charge in [0.15, 0.2) is 5.16 Å². The molecule has 0 saturated heterocycles. The summed E-state index contributed by atoms with van der Waals surface area (Å²) in [5.41, 5.74) is 6.63. The minimum absolute atomic E-state index is 0.134. The van der Waals surface area contributed by atoms with Gasteiger partial charge in [0, 0.05) is 0 Å². The molecule has 2 rings (SSSR count). The smallest absolute Gasteiger partial charge is 0.316 e. The van der Waals surface area contributed by atoms with E-state index in [9.17, 15) is 9.18 Å². The number of carbonyl (C=O) groups excluding carboxylic acids is 1. The molecule has 0 aliphatic carbocycles. The number of anilines is 1. The molecule has 8 heteroatoms. The van der Waals surface area contributed by atoms with Crippen molar-refractivity contribution in [1.82, 2.24) is 14.8 Å².